The van der Waals surface area contributed by atoms with E-state index in [0.717, 1.165) is 26.8 Å². The fourth-order valence-corrected chi connectivity index (χ4v) is 4.07. The first-order chi connectivity index (χ1) is 18.3. The standard InChI is InChI=1S/C29H19BrF3N3O2/c30-23-13-11-19(12-14-23)18-38-24-8-3-5-20(15-24)17-34-36-27(21-6-4-7-22(16-21)29(31,32)33)35-26-10-2-1-9-25(26)28(36)37/h1-17H,18H2. The summed E-state index contributed by atoms with van der Waals surface area (Å²) in [6, 6.07) is 26.2. The zero-order chi connectivity index (χ0) is 26.7. The topological polar surface area (TPSA) is 56.5 Å². The van der Waals surface area contributed by atoms with Crippen LogP contribution in [0.25, 0.3) is 22.3 Å². The second-order valence-corrected chi connectivity index (χ2v) is 9.30. The van der Waals surface area contributed by atoms with Gasteiger partial charge in [0.05, 0.1) is 22.7 Å². The van der Waals surface area contributed by atoms with Crippen LogP contribution in [0.1, 0.15) is 16.7 Å². The molecule has 5 nitrogen and oxygen atoms in total. The van der Waals surface area contributed by atoms with Crippen molar-refractivity contribution in [1.29, 1.82) is 0 Å². The molecule has 0 bridgehead atoms. The van der Waals surface area contributed by atoms with Gasteiger partial charge in [-0.2, -0.15) is 22.9 Å². The number of rotatable bonds is 6. The van der Waals surface area contributed by atoms with E-state index in [0.29, 0.717) is 28.8 Å². The predicted octanol–water partition coefficient (Wildman–Crippen LogP) is 7.31. The Morgan fingerprint density at radius 2 is 1.68 bits per heavy atom. The van der Waals surface area contributed by atoms with Crippen LogP contribution in [0, 0.1) is 0 Å². The van der Waals surface area contributed by atoms with E-state index in [1.807, 2.05) is 24.3 Å². The smallest absolute Gasteiger partial charge is 0.416 e. The number of aromatic nitrogens is 2. The molecule has 0 radical (unpaired) electrons. The molecule has 9 heteroatoms. The van der Waals surface area contributed by atoms with Crippen LogP contribution in [0.2, 0.25) is 0 Å². The summed E-state index contributed by atoms with van der Waals surface area (Å²) in [5, 5.41) is 4.64. The van der Waals surface area contributed by atoms with E-state index in [1.165, 1.54) is 18.3 Å². The number of hydrogen-bond donors (Lipinski definition) is 0. The van der Waals surface area contributed by atoms with Gasteiger partial charge in [-0.15, -0.1) is 0 Å². The van der Waals surface area contributed by atoms with Crippen molar-refractivity contribution >= 4 is 33.0 Å². The van der Waals surface area contributed by atoms with Gasteiger partial charge in [-0.3, -0.25) is 4.79 Å². The van der Waals surface area contributed by atoms with Gasteiger partial charge in [0.1, 0.15) is 12.4 Å². The molecular formula is C29H19BrF3N3O2. The van der Waals surface area contributed by atoms with Crippen molar-refractivity contribution in [3.05, 3.63) is 129 Å². The third kappa shape index (κ3) is 5.68. The van der Waals surface area contributed by atoms with Crippen LogP contribution in [0.15, 0.2) is 111 Å². The first kappa shape index (κ1) is 25.4. The van der Waals surface area contributed by atoms with Crippen molar-refractivity contribution in [2.45, 2.75) is 12.8 Å². The number of halogens is 4. The van der Waals surface area contributed by atoms with Crippen molar-refractivity contribution < 1.29 is 17.9 Å². The quantitative estimate of drug-likeness (QED) is 0.199. The molecule has 4 aromatic carbocycles. The molecule has 0 unspecified atom stereocenters. The number of nitrogens with zero attached hydrogens (tertiary/aromatic N) is 3. The van der Waals surface area contributed by atoms with Crippen LogP contribution in [-0.2, 0) is 12.8 Å². The van der Waals surface area contributed by atoms with Gasteiger partial charge in [0.15, 0.2) is 5.82 Å². The molecule has 0 saturated heterocycles. The van der Waals surface area contributed by atoms with Gasteiger partial charge < -0.3 is 4.74 Å². The monoisotopic (exact) mass is 577 g/mol. The Bertz CT molecular complexity index is 1700. The van der Waals surface area contributed by atoms with Crippen molar-refractivity contribution in [2.75, 3.05) is 0 Å². The second kappa shape index (κ2) is 10.6. The van der Waals surface area contributed by atoms with Crippen LogP contribution in [0.3, 0.4) is 0 Å². The Balaban J connectivity index is 1.51. The van der Waals surface area contributed by atoms with Crippen molar-refractivity contribution in [3.63, 3.8) is 0 Å². The van der Waals surface area contributed by atoms with Gasteiger partial charge in [-0.05, 0) is 59.7 Å². The van der Waals surface area contributed by atoms with Gasteiger partial charge in [-0.25, -0.2) is 4.98 Å². The highest BCUT2D eigenvalue weighted by Gasteiger charge is 2.31. The Hall–Kier alpha value is -4.24. The molecule has 0 saturated carbocycles. The van der Waals surface area contributed by atoms with E-state index in [1.54, 1.807) is 48.5 Å². The Labute approximate surface area is 224 Å². The predicted molar refractivity (Wildman–Crippen MR) is 144 cm³/mol. The third-order valence-electron chi connectivity index (χ3n) is 5.70. The zero-order valence-corrected chi connectivity index (χ0v) is 21.3. The Kier molecular flexibility index (Phi) is 7.11. The van der Waals surface area contributed by atoms with E-state index < -0.39 is 17.3 Å². The van der Waals surface area contributed by atoms with Crippen LogP contribution in [0.4, 0.5) is 13.2 Å². The molecule has 38 heavy (non-hydrogen) atoms. The zero-order valence-electron chi connectivity index (χ0n) is 19.7. The molecule has 1 heterocycles. The lowest BCUT2D eigenvalue weighted by atomic mass is 10.1. The number of hydrogen-bond acceptors (Lipinski definition) is 4. The SMILES string of the molecule is O=c1c2ccccc2nc(-c2cccc(C(F)(F)F)c2)n1N=Cc1cccc(OCc2ccc(Br)cc2)c1. The van der Waals surface area contributed by atoms with Gasteiger partial charge in [0.25, 0.3) is 5.56 Å². The van der Waals surface area contributed by atoms with Crippen LogP contribution in [-0.4, -0.2) is 15.9 Å². The lowest BCUT2D eigenvalue weighted by Crippen LogP contribution is -2.20. The molecule has 1 aromatic heterocycles. The third-order valence-corrected chi connectivity index (χ3v) is 6.23. The molecular weight excluding hydrogens is 559 g/mol. The summed E-state index contributed by atoms with van der Waals surface area (Å²) >= 11 is 3.40. The number of para-hydroxylation sites is 1. The number of benzene rings is 4. The van der Waals surface area contributed by atoms with Crippen LogP contribution in [0.5, 0.6) is 5.75 Å². The Morgan fingerprint density at radius 3 is 2.47 bits per heavy atom. The summed E-state index contributed by atoms with van der Waals surface area (Å²) in [5.74, 6) is 0.595. The van der Waals surface area contributed by atoms with Gasteiger partial charge in [0, 0.05) is 10.0 Å². The van der Waals surface area contributed by atoms with E-state index in [4.69, 9.17) is 4.74 Å². The van der Waals surface area contributed by atoms with E-state index in [9.17, 15) is 18.0 Å². The molecule has 0 atom stereocenters. The summed E-state index contributed by atoms with van der Waals surface area (Å²) in [4.78, 5) is 17.8. The average Bonchev–Trinajstić information content (AvgIpc) is 2.92. The average molecular weight is 578 g/mol. The lowest BCUT2D eigenvalue weighted by molar-refractivity contribution is -0.137. The number of alkyl halides is 3. The van der Waals surface area contributed by atoms with Crippen LogP contribution >= 0.6 is 15.9 Å². The van der Waals surface area contributed by atoms with Gasteiger partial charge >= 0.3 is 6.18 Å². The molecule has 0 aliphatic heterocycles. The number of ether oxygens (including phenoxy) is 1. The first-order valence-electron chi connectivity index (χ1n) is 11.5. The van der Waals surface area contributed by atoms with Gasteiger partial charge in [-0.1, -0.05) is 64.5 Å². The molecule has 5 rings (SSSR count). The minimum atomic E-state index is -4.54. The molecule has 0 spiro atoms. The lowest BCUT2D eigenvalue weighted by Gasteiger charge is -2.12. The highest BCUT2D eigenvalue weighted by atomic mass is 79.9. The minimum absolute atomic E-state index is 0.00121. The minimum Gasteiger partial charge on any atom is -0.489 e. The van der Waals surface area contributed by atoms with Gasteiger partial charge in [0.2, 0.25) is 0 Å². The summed E-state index contributed by atoms with van der Waals surface area (Å²) in [6.45, 7) is 0.363. The molecule has 0 fully saturated rings. The number of fused-ring (bicyclic) bond motifs is 1. The summed E-state index contributed by atoms with van der Waals surface area (Å²) in [6.07, 6.45) is -3.10. The van der Waals surface area contributed by atoms with E-state index in [-0.39, 0.29) is 11.4 Å². The fraction of sp³-hybridized carbons (Fsp3) is 0.0690. The molecule has 0 amide bonds. The maximum absolute atomic E-state index is 13.4. The summed E-state index contributed by atoms with van der Waals surface area (Å²) < 4.78 is 48.0. The fourth-order valence-electron chi connectivity index (χ4n) is 3.81. The van der Waals surface area contributed by atoms with Crippen molar-refractivity contribution in [3.8, 4) is 17.1 Å². The first-order valence-corrected chi connectivity index (χ1v) is 12.3. The highest BCUT2D eigenvalue weighted by molar-refractivity contribution is 9.10. The van der Waals surface area contributed by atoms with Crippen molar-refractivity contribution in [2.24, 2.45) is 5.10 Å². The maximum Gasteiger partial charge on any atom is 0.416 e. The Morgan fingerprint density at radius 1 is 0.921 bits per heavy atom. The summed E-state index contributed by atoms with van der Waals surface area (Å²) in [5.41, 5.74) is 0.761. The molecule has 190 valence electrons. The molecule has 0 N–H and O–H groups in total. The summed E-state index contributed by atoms with van der Waals surface area (Å²) in [7, 11) is 0. The maximum atomic E-state index is 13.4. The second-order valence-electron chi connectivity index (χ2n) is 8.38. The highest BCUT2D eigenvalue weighted by Crippen LogP contribution is 2.32. The van der Waals surface area contributed by atoms with E-state index in [2.05, 4.69) is 26.0 Å². The van der Waals surface area contributed by atoms with Crippen molar-refractivity contribution in [1.82, 2.24) is 9.66 Å². The molecule has 0 aliphatic carbocycles. The molecule has 0 aliphatic rings. The normalized spacial score (nSPS) is 11.8. The van der Waals surface area contributed by atoms with E-state index >= 15 is 0 Å². The molecule has 5 aromatic rings. The van der Waals surface area contributed by atoms with Crippen LogP contribution < -0.4 is 10.3 Å². The largest absolute Gasteiger partial charge is 0.489 e.